The smallest absolute Gasteiger partial charge is 0.258 e. The van der Waals surface area contributed by atoms with Crippen molar-refractivity contribution in [2.75, 3.05) is 0 Å². The number of aromatic nitrogens is 4. The third-order valence-electron chi connectivity index (χ3n) is 4.22. The van der Waals surface area contributed by atoms with E-state index >= 15 is 0 Å². The molecule has 0 aliphatic heterocycles. The summed E-state index contributed by atoms with van der Waals surface area (Å²) in [6.45, 7) is 6.11. The lowest BCUT2D eigenvalue weighted by Crippen LogP contribution is -2.17. The van der Waals surface area contributed by atoms with Crippen LogP contribution in [0.25, 0.3) is 15.9 Å². The third kappa shape index (κ3) is 2.83. The van der Waals surface area contributed by atoms with Crippen molar-refractivity contribution in [2.45, 2.75) is 31.6 Å². The Labute approximate surface area is 152 Å². The van der Waals surface area contributed by atoms with Gasteiger partial charge in [-0.1, -0.05) is 17.8 Å². The monoisotopic (exact) mass is 368 g/mol. The first-order valence-electron chi connectivity index (χ1n) is 7.86. The van der Waals surface area contributed by atoms with E-state index < -0.39 is 0 Å². The number of pyridine rings is 1. The van der Waals surface area contributed by atoms with E-state index in [9.17, 15) is 4.79 Å². The lowest BCUT2D eigenvalue weighted by molar-refractivity contribution is 0.968. The van der Waals surface area contributed by atoms with Gasteiger partial charge in [0, 0.05) is 27.8 Å². The van der Waals surface area contributed by atoms with Crippen LogP contribution < -0.4 is 5.56 Å². The van der Waals surface area contributed by atoms with E-state index in [1.165, 1.54) is 10.4 Å². The predicted molar refractivity (Wildman–Crippen MR) is 103 cm³/mol. The second kappa shape index (κ2) is 6.24. The Morgan fingerprint density at radius 2 is 2.04 bits per heavy atom. The number of aryl methyl sites for hydroxylation is 3. The van der Waals surface area contributed by atoms with Gasteiger partial charge in [-0.05, 0) is 38.5 Å². The molecular formula is C18H16N4OS2. The average molecular weight is 368 g/mol. The van der Waals surface area contributed by atoms with Crippen molar-refractivity contribution in [3.05, 3.63) is 62.8 Å². The molecule has 0 aromatic carbocycles. The predicted octanol–water partition coefficient (Wildman–Crippen LogP) is 3.92. The highest BCUT2D eigenvalue weighted by Crippen LogP contribution is 2.35. The summed E-state index contributed by atoms with van der Waals surface area (Å²) in [4.78, 5) is 28.1. The molecule has 0 N–H and O–H groups in total. The highest BCUT2D eigenvalue weighted by Gasteiger charge is 2.13. The number of fused-ring (bicyclic) bond motifs is 2. The molecule has 0 unspecified atom stereocenters. The molecule has 4 aromatic rings. The van der Waals surface area contributed by atoms with Crippen LogP contribution >= 0.6 is 23.1 Å². The first kappa shape index (κ1) is 16.2. The molecule has 0 atom stereocenters. The third-order valence-corrected chi connectivity index (χ3v) is 6.36. The molecule has 4 aromatic heterocycles. The second-order valence-corrected chi connectivity index (χ2v) is 8.04. The Morgan fingerprint density at radius 3 is 2.88 bits per heavy atom. The zero-order valence-corrected chi connectivity index (χ0v) is 15.7. The summed E-state index contributed by atoms with van der Waals surface area (Å²) >= 11 is 3.28. The van der Waals surface area contributed by atoms with E-state index in [1.54, 1.807) is 39.9 Å². The minimum Gasteiger partial charge on any atom is -0.269 e. The summed E-state index contributed by atoms with van der Waals surface area (Å²) < 4.78 is 1.63. The molecule has 0 saturated carbocycles. The molecule has 0 aliphatic rings. The van der Waals surface area contributed by atoms with Gasteiger partial charge in [-0.3, -0.25) is 9.20 Å². The molecule has 4 rings (SSSR count). The quantitative estimate of drug-likeness (QED) is 0.405. The van der Waals surface area contributed by atoms with Crippen molar-refractivity contribution < 1.29 is 0 Å². The Bertz CT molecular complexity index is 1160. The summed E-state index contributed by atoms with van der Waals surface area (Å²) in [6, 6.07) is 7.29. The van der Waals surface area contributed by atoms with Crippen LogP contribution in [0.5, 0.6) is 0 Å². The minimum atomic E-state index is -0.0471. The molecule has 25 heavy (non-hydrogen) atoms. The van der Waals surface area contributed by atoms with Crippen LogP contribution in [-0.2, 0) is 5.75 Å². The van der Waals surface area contributed by atoms with Gasteiger partial charge in [-0.25, -0.2) is 15.0 Å². The second-order valence-electron chi connectivity index (χ2n) is 5.88. The van der Waals surface area contributed by atoms with Gasteiger partial charge < -0.3 is 0 Å². The summed E-state index contributed by atoms with van der Waals surface area (Å²) in [6.07, 6.45) is 1.60. The average Bonchev–Trinajstić information content (AvgIpc) is 2.88. The van der Waals surface area contributed by atoms with Crippen molar-refractivity contribution in [1.82, 2.24) is 19.4 Å². The van der Waals surface area contributed by atoms with Crippen LogP contribution in [0.3, 0.4) is 0 Å². The Hall–Kier alpha value is -2.25. The summed E-state index contributed by atoms with van der Waals surface area (Å²) in [5, 5.41) is 2.06. The van der Waals surface area contributed by atoms with Crippen LogP contribution in [-0.4, -0.2) is 19.4 Å². The summed E-state index contributed by atoms with van der Waals surface area (Å²) in [5.74, 6) is 0.597. The largest absolute Gasteiger partial charge is 0.269 e. The maximum Gasteiger partial charge on any atom is 0.258 e. The zero-order valence-electron chi connectivity index (χ0n) is 14.1. The fourth-order valence-corrected chi connectivity index (χ4v) is 4.85. The molecule has 0 aliphatic carbocycles. The number of hydrogen-bond donors (Lipinski definition) is 0. The fraction of sp³-hybridized carbons (Fsp3) is 0.222. The molecule has 0 radical (unpaired) electrons. The first-order chi connectivity index (χ1) is 12.0. The van der Waals surface area contributed by atoms with Gasteiger partial charge in [0.2, 0.25) is 0 Å². The van der Waals surface area contributed by atoms with Gasteiger partial charge in [-0.15, -0.1) is 11.3 Å². The van der Waals surface area contributed by atoms with Crippen molar-refractivity contribution in [1.29, 1.82) is 0 Å². The summed E-state index contributed by atoms with van der Waals surface area (Å²) in [7, 11) is 0. The van der Waals surface area contributed by atoms with Gasteiger partial charge in [0.25, 0.3) is 5.56 Å². The van der Waals surface area contributed by atoms with E-state index in [4.69, 9.17) is 0 Å². The number of thioether (sulfide) groups is 1. The lowest BCUT2D eigenvalue weighted by atomic mass is 10.2. The Kier molecular flexibility index (Phi) is 4.05. The first-order valence-corrected chi connectivity index (χ1v) is 9.66. The number of hydrogen-bond acceptors (Lipinski definition) is 6. The Balaban J connectivity index is 1.71. The van der Waals surface area contributed by atoms with Crippen molar-refractivity contribution in [3.8, 4) is 0 Å². The van der Waals surface area contributed by atoms with E-state index in [2.05, 4.69) is 28.8 Å². The highest BCUT2D eigenvalue weighted by atomic mass is 32.2. The van der Waals surface area contributed by atoms with Crippen LogP contribution in [0.15, 0.2) is 40.4 Å². The molecule has 7 heteroatoms. The van der Waals surface area contributed by atoms with Crippen molar-refractivity contribution in [3.63, 3.8) is 0 Å². The number of nitrogens with zero attached hydrogens (tertiary/aromatic N) is 4. The van der Waals surface area contributed by atoms with Crippen LogP contribution in [0, 0.1) is 20.8 Å². The van der Waals surface area contributed by atoms with Gasteiger partial charge in [0.15, 0.2) is 0 Å². The van der Waals surface area contributed by atoms with Gasteiger partial charge in [0.1, 0.15) is 21.8 Å². The molecule has 0 fully saturated rings. The van der Waals surface area contributed by atoms with Crippen molar-refractivity contribution >= 4 is 39.0 Å². The maximum atomic E-state index is 12.4. The topological polar surface area (TPSA) is 60.2 Å². The molecule has 4 heterocycles. The minimum absolute atomic E-state index is 0.0471. The number of rotatable bonds is 3. The lowest BCUT2D eigenvalue weighted by Gasteiger charge is -2.07. The fourth-order valence-electron chi connectivity index (χ4n) is 2.84. The highest BCUT2D eigenvalue weighted by molar-refractivity contribution is 7.98. The van der Waals surface area contributed by atoms with Gasteiger partial charge in [-0.2, -0.15) is 0 Å². The zero-order chi connectivity index (χ0) is 17.6. The van der Waals surface area contributed by atoms with E-state index in [0.717, 1.165) is 26.6 Å². The van der Waals surface area contributed by atoms with Gasteiger partial charge >= 0.3 is 0 Å². The standard InChI is InChI=1S/C18H16N4OS2/c1-10-5-4-6-14-21-13(7-15(23)22(10)14)8-24-17-16-11(2)12(3)25-18(16)20-9-19-17/h4-7,9H,8H2,1-3H3. The Morgan fingerprint density at radius 1 is 1.20 bits per heavy atom. The molecule has 0 saturated heterocycles. The molecule has 5 nitrogen and oxygen atoms in total. The maximum absolute atomic E-state index is 12.4. The summed E-state index contributed by atoms with van der Waals surface area (Å²) in [5.41, 5.74) is 3.51. The molecule has 126 valence electrons. The van der Waals surface area contributed by atoms with Gasteiger partial charge in [0.05, 0.1) is 5.69 Å². The van der Waals surface area contributed by atoms with Crippen LogP contribution in [0.4, 0.5) is 0 Å². The SMILES string of the molecule is Cc1sc2ncnc(SCc3cc(=O)n4c(C)cccc4n3)c2c1C. The van der Waals surface area contributed by atoms with Crippen LogP contribution in [0.1, 0.15) is 21.8 Å². The van der Waals surface area contributed by atoms with E-state index in [-0.39, 0.29) is 5.56 Å². The molecule has 0 bridgehead atoms. The van der Waals surface area contributed by atoms with Crippen LogP contribution in [0.2, 0.25) is 0 Å². The molecular weight excluding hydrogens is 352 g/mol. The molecule has 0 amide bonds. The number of thiophene rings is 1. The van der Waals surface area contributed by atoms with E-state index in [0.29, 0.717) is 11.4 Å². The van der Waals surface area contributed by atoms with Crippen molar-refractivity contribution in [2.24, 2.45) is 0 Å². The normalized spacial score (nSPS) is 11.5. The van der Waals surface area contributed by atoms with E-state index in [1.807, 2.05) is 25.1 Å². The molecule has 0 spiro atoms.